The number of carbonyl (C=O) groups is 1. The summed E-state index contributed by atoms with van der Waals surface area (Å²) in [5.41, 5.74) is 0.544. The number of unbranched alkanes of at least 4 members (excludes halogenated alkanes) is 5. The fraction of sp³-hybridized carbons (Fsp3) is 0.588. The Kier molecular flexibility index (Phi) is 7.95. The van der Waals surface area contributed by atoms with Gasteiger partial charge < -0.3 is 5.11 Å². The Morgan fingerprint density at radius 1 is 1.00 bits per heavy atom. The van der Waals surface area contributed by atoms with Crippen LogP contribution in [0.4, 0.5) is 8.78 Å². The molecule has 0 spiro atoms. The van der Waals surface area contributed by atoms with Crippen molar-refractivity contribution < 1.29 is 18.7 Å². The predicted octanol–water partition coefficient (Wildman–Crippen LogP) is 5.54. The van der Waals surface area contributed by atoms with Crippen molar-refractivity contribution in [3.05, 3.63) is 35.4 Å². The Hall–Kier alpha value is -1.45. The number of carboxylic acid groups (broad SMARTS) is 1. The van der Waals surface area contributed by atoms with E-state index in [1.807, 2.05) is 0 Å². The van der Waals surface area contributed by atoms with Gasteiger partial charge in [-0.05, 0) is 12.0 Å². The van der Waals surface area contributed by atoms with Crippen molar-refractivity contribution in [2.45, 2.75) is 64.2 Å². The van der Waals surface area contributed by atoms with E-state index >= 15 is 0 Å². The van der Waals surface area contributed by atoms with Crippen LogP contribution in [0, 0.1) is 0 Å². The number of alkyl halides is 2. The fourth-order valence-electron chi connectivity index (χ4n) is 2.44. The second-order valence-electron chi connectivity index (χ2n) is 5.41. The van der Waals surface area contributed by atoms with Gasteiger partial charge >= 0.3 is 5.97 Å². The van der Waals surface area contributed by atoms with E-state index < -0.39 is 18.3 Å². The molecule has 0 aliphatic heterocycles. The highest BCUT2D eigenvalue weighted by Crippen LogP contribution is 2.26. The van der Waals surface area contributed by atoms with Gasteiger partial charge in [0.15, 0.2) is 0 Å². The summed E-state index contributed by atoms with van der Waals surface area (Å²) in [5, 5.41) is 9.30. The Bertz CT molecular complexity index is 415. The molecule has 0 saturated carbocycles. The first-order chi connectivity index (χ1) is 10.1. The van der Waals surface area contributed by atoms with Crippen LogP contribution < -0.4 is 0 Å². The molecule has 1 atom stereocenters. The smallest absolute Gasteiger partial charge is 0.310 e. The van der Waals surface area contributed by atoms with E-state index in [9.17, 15) is 18.7 Å². The molecule has 0 saturated heterocycles. The van der Waals surface area contributed by atoms with Crippen LogP contribution in [0.25, 0.3) is 0 Å². The monoisotopic (exact) mass is 298 g/mol. The molecular formula is C17H24F2O2. The summed E-state index contributed by atoms with van der Waals surface area (Å²) in [6.45, 7) is 2.16. The molecule has 0 aliphatic rings. The van der Waals surface area contributed by atoms with Crippen molar-refractivity contribution in [1.82, 2.24) is 0 Å². The third-order valence-electron chi connectivity index (χ3n) is 3.74. The van der Waals surface area contributed by atoms with E-state index in [-0.39, 0.29) is 5.56 Å². The van der Waals surface area contributed by atoms with Gasteiger partial charge in [0.2, 0.25) is 0 Å². The maximum Gasteiger partial charge on any atom is 0.310 e. The summed E-state index contributed by atoms with van der Waals surface area (Å²) in [4.78, 5) is 11.3. The largest absolute Gasteiger partial charge is 0.481 e. The van der Waals surface area contributed by atoms with Crippen molar-refractivity contribution in [2.75, 3.05) is 0 Å². The van der Waals surface area contributed by atoms with Crippen molar-refractivity contribution in [1.29, 1.82) is 0 Å². The van der Waals surface area contributed by atoms with Gasteiger partial charge in [-0.25, -0.2) is 8.78 Å². The standard InChI is InChI=1S/C17H24F2O2/c1-2-3-4-5-6-7-8-15(17(20)21)13-9-11-14(12-10-13)16(18)19/h9-12,15-16H,2-8H2,1H3,(H,20,21). The summed E-state index contributed by atoms with van der Waals surface area (Å²) in [6.07, 6.45) is 4.67. The number of aliphatic carboxylic acids is 1. The highest BCUT2D eigenvalue weighted by molar-refractivity contribution is 5.76. The lowest BCUT2D eigenvalue weighted by Crippen LogP contribution is -2.11. The number of carboxylic acids is 1. The molecule has 1 N–H and O–H groups in total. The molecule has 0 aliphatic carbocycles. The van der Waals surface area contributed by atoms with Crippen molar-refractivity contribution in [2.24, 2.45) is 0 Å². The molecule has 1 unspecified atom stereocenters. The first-order valence-corrected chi connectivity index (χ1v) is 7.67. The lowest BCUT2D eigenvalue weighted by atomic mass is 9.92. The molecule has 118 valence electrons. The van der Waals surface area contributed by atoms with Gasteiger partial charge in [-0.2, -0.15) is 0 Å². The maximum atomic E-state index is 12.5. The fourth-order valence-corrected chi connectivity index (χ4v) is 2.44. The maximum absolute atomic E-state index is 12.5. The molecule has 0 fully saturated rings. The number of rotatable bonds is 10. The summed E-state index contributed by atoms with van der Waals surface area (Å²) >= 11 is 0. The van der Waals surface area contributed by atoms with Crippen molar-refractivity contribution in [3.8, 4) is 0 Å². The van der Waals surface area contributed by atoms with E-state index in [4.69, 9.17) is 0 Å². The normalized spacial score (nSPS) is 12.6. The predicted molar refractivity (Wildman–Crippen MR) is 79.8 cm³/mol. The van der Waals surface area contributed by atoms with Crippen molar-refractivity contribution in [3.63, 3.8) is 0 Å². The molecule has 0 bridgehead atoms. The SMILES string of the molecule is CCCCCCCCC(C(=O)O)c1ccc(C(F)F)cc1. The minimum atomic E-state index is -2.51. The van der Waals surface area contributed by atoms with Crippen molar-refractivity contribution >= 4 is 5.97 Å². The van der Waals surface area contributed by atoms with Crippen LogP contribution in [0.15, 0.2) is 24.3 Å². The second-order valence-corrected chi connectivity index (χ2v) is 5.41. The lowest BCUT2D eigenvalue weighted by molar-refractivity contribution is -0.139. The minimum absolute atomic E-state index is 0.0672. The summed E-state index contributed by atoms with van der Waals surface area (Å²) < 4.78 is 25.0. The number of hydrogen-bond acceptors (Lipinski definition) is 1. The van der Waals surface area contributed by atoms with Gasteiger partial charge in [-0.1, -0.05) is 69.7 Å². The molecule has 1 aromatic carbocycles. The van der Waals surface area contributed by atoms with Gasteiger partial charge in [0, 0.05) is 5.56 Å². The van der Waals surface area contributed by atoms with Crippen LogP contribution in [-0.4, -0.2) is 11.1 Å². The molecule has 4 heteroatoms. The van der Waals surface area contributed by atoms with Crippen LogP contribution in [0.1, 0.15) is 75.3 Å². The number of benzene rings is 1. The molecule has 0 heterocycles. The quantitative estimate of drug-likeness (QED) is 0.575. The zero-order chi connectivity index (χ0) is 15.7. The Morgan fingerprint density at radius 2 is 1.52 bits per heavy atom. The number of halogens is 2. The van der Waals surface area contributed by atoms with Gasteiger partial charge in [0.05, 0.1) is 5.92 Å². The van der Waals surface area contributed by atoms with Gasteiger partial charge in [0.1, 0.15) is 0 Å². The Morgan fingerprint density at radius 3 is 2.05 bits per heavy atom. The van der Waals surface area contributed by atoms with E-state index in [1.54, 1.807) is 0 Å². The molecular weight excluding hydrogens is 274 g/mol. The molecule has 21 heavy (non-hydrogen) atoms. The Balaban J connectivity index is 2.51. The van der Waals surface area contributed by atoms with Crippen LogP contribution in [0.5, 0.6) is 0 Å². The highest BCUT2D eigenvalue weighted by atomic mass is 19.3. The van der Waals surface area contributed by atoms with E-state index in [0.717, 1.165) is 19.3 Å². The van der Waals surface area contributed by atoms with Gasteiger partial charge in [-0.15, -0.1) is 0 Å². The average Bonchev–Trinajstić information content (AvgIpc) is 2.46. The Labute approximate surface area is 125 Å². The van der Waals surface area contributed by atoms with Crippen LogP contribution in [-0.2, 0) is 4.79 Å². The van der Waals surface area contributed by atoms with Crippen LogP contribution in [0.3, 0.4) is 0 Å². The van der Waals surface area contributed by atoms with Crippen LogP contribution in [0.2, 0.25) is 0 Å². The zero-order valence-corrected chi connectivity index (χ0v) is 12.5. The number of hydrogen-bond donors (Lipinski definition) is 1. The molecule has 2 nitrogen and oxygen atoms in total. The average molecular weight is 298 g/mol. The summed E-state index contributed by atoms with van der Waals surface area (Å²) in [5.74, 6) is -1.48. The zero-order valence-electron chi connectivity index (χ0n) is 12.5. The molecule has 0 aromatic heterocycles. The van der Waals surface area contributed by atoms with Gasteiger partial charge in [-0.3, -0.25) is 4.79 Å². The molecule has 0 amide bonds. The van der Waals surface area contributed by atoms with E-state index in [0.29, 0.717) is 12.0 Å². The van der Waals surface area contributed by atoms with E-state index in [1.165, 1.54) is 43.5 Å². The minimum Gasteiger partial charge on any atom is -0.481 e. The molecule has 0 radical (unpaired) electrons. The first kappa shape index (κ1) is 17.6. The third-order valence-corrected chi connectivity index (χ3v) is 3.74. The van der Waals surface area contributed by atoms with Crippen LogP contribution >= 0.6 is 0 Å². The summed E-state index contributed by atoms with van der Waals surface area (Å²) in [6, 6.07) is 5.66. The summed E-state index contributed by atoms with van der Waals surface area (Å²) in [7, 11) is 0. The first-order valence-electron chi connectivity index (χ1n) is 7.67. The van der Waals surface area contributed by atoms with E-state index in [2.05, 4.69) is 6.92 Å². The lowest BCUT2D eigenvalue weighted by Gasteiger charge is -2.13. The highest BCUT2D eigenvalue weighted by Gasteiger charge is 2.19. The molecule has 1 aromatic rings. The third kappa shape index (κ3) is 6.23. The second kappa shape index (κ2) is 9.48. The van der Waals surface area contributed by atoms with Gasteiger partial charge in [0.25, 0.3) is 6.43 Å². The molecule has 1 rings (SSSR count). The topological polar surface area (TPSA) is 37.3 Å².